The smallest absolute Gasteiger partial charge is 0.410 e. The van der Waals surface area contributed by atoms with E-state index in [4.69, 9.17) is 24.4 Å². The molecule has 4 aliphatic heterocycles. The molecule has 0 saturated carbocycles. The molecule has 6 aromatic rings. The number of aromatic amines is 1. The van der Waals surface area contributed by atoms with Crippen LogP contribution in [0.5, 0.6) is 5.75 Å². The standard InChI is InChI=1S/C63H84FN15O7S/c1-40-33-76(24-23-75(40)35-48-36-78(60(82)86-61(5,6)7)41(2)34-77(48)37-54(80)79-38-63(11,12)55-51(79)27-45(30-65-55)26-44-14-16-47(64)17-15-44)59-66-31-46(32-67-59)58(81)74-21-19-73(20-22-74)18-13-25-85-52-29-50-49(28-53(52)87(83,84)62(8,9)10)57(69-39-68-50)70-56-42(3)43(4)71-72-56/h14-17,27-32,39-41,48H,13,18-26,33-38H2,1-12H3,(H2,68,69,70,71,72)/t40-,41-,48+/m1/s1. The lowest BCUT2D eigenvalue weighted by atomic mass is 9.91. The number of aromatic nitrogens is 7. The van der Waals surface area contributed by atoms with E-state index in [1.807, 2.05) is 63.6 Å². The third-order valence-corrected chi connectivity index (χ3v) is 19.7. The first-order valence-corrected chi connectivity index (χ1v) is 31.7. The summed E-state index contributed by atoms with van der Waals surface area (Å²) in [5, 5.41) is 11.1. The van der Waals surface area contributed by atoms with Crippen molar-refractivity contribution in [3.63, 3.8) is 0 Å². The molecule has 24 heteroatoms. The van der Waals surface area contributed by atoms with Crippen molar-refractivity contribution in [3.05, 3.63) is 107 Å². The largest absolute Gasteiger partial charge is 0.492 e. The summed E-state index contributed by atoms with van der Waals surface area (Å²) in [6.07, 6.45) is 7.31. The van der Waals surface area contributed by atoms with Crippen LogP contribution in [0.15, 0.2) is 72.3 Å². The predicted octanol–water partition coefficient (Wildman–Crippen LogP) is 7.57. The number of rotatable bonds is 16. The molecule has 22 nitrogen and oxygen atoms in total. The van der Waals surface area contributed by atoms with Crippen molar-refractivity contribution in [3.8, 4) is 5.75 Å². The zero-order valence-electron chi connectivity index (χ0n) is 52.4. The van der Waals surface area contributed by atoms with Gasteiger partial charge in [0.25, 0.3) is 5.91 Å². The third-order valence-electron chi connectivity index (χ3n) is 17.2. The SMILES string of the molecule is Cc1[nH]nc(Nc2ncnc3cc(OCCCN4CCN(C(=O)c5cnc(N6CCN(C[C@H]7CN(C(=O)OC(C)(C)C)[C@H](C)CN7CC(=O)N7CC(C)(C)c8ncc(Cc9ccc(F)cc9)cc87)[C@H](C)C6)nc5)CC4)c(S(=O)(=O)C(C)(C)C)cc23)c1C. The van der Waals surface area contributed by atoms with Gasteiger partial charge in [0.1, 0.15) is 34.2 Å². The monoisotopic (exact) mass is 1210 g/mol. The topological polar surface area (TPSA) is 232 Å². The van der Waals surface area contributed by atoms with Crippen LogP contribution in [0.1, 0.15) is 114 Å². The maximum atomic E-state index is 14.7. The number of ether oxygens (including phenoxy) is 2. The van der Waals surface area contributed by atoms with Gasteiger partial charge in [-0.05, 0) is 117 Å². The molecule has 0 bridgehead atoms. The summed E-state index contributed by atoms with van der Waals surface area (Å²) >= 11 is 0. The Labute approximate surface area is 510 Å². The minimum Gasteiger partial charge on any atom is -0.492 e. The number of hydrogen-bond donors (Lipinski definition) is 2. The molecule has 87 heavy (non-hydrogen) atoms. The summed E-state index contributed by atoms with van der Waals surface area (Å²) in [6, 6.07) is 11.4. The fourth-order valence-corrected chi connectivity index (χ4v) is 13.2. The maximum Gasteiger partial charge on any atom is 0.410 e. The Balaban J connectivity index is 0.728. The van der Waals surface area contributed by atoms with E-state index in [2.05, 4.69) is 65.9 Å². The molecular formula is C63H84FN15O7S. The Hall–Kier alpha value is -7.41. The number of piperazine rings is 3. The molecule has 2 aromatic carbocycles. The van der Waals surface area contributed by atoms with Crippen LogP contribution in [0.2, 0.25) is 0 Å². The Bertz CT molecular complexity index is 3600. The van der Waals surface area contributed by atoms with E-state index in [0.717, 1.165) is 33.8 Å². The first-order valence-electron chi connectivity index (χ1n) is 30.2. The molecule has 2 N–H and O–H groups in total. The van der Waals surface area contributed by atoms with E-state index in [1.165, 1.54) is 18.5 Å². The summed E-state index contributed by atoms with van der Waals surface area (Å²) in [7, 11) is -3.85. The number of carbonyl (C=O) groups is 3. The maximum absolute atomic E-state index is 14.7. The van der Waals surface area contributed by atoms with E-state index in [1.54, 1.807) is 62.3 Å². The number of fused-ring (bicyclic) bond motifs is 2. The average Bonchev–Trinajstić information content (AvgIpc) is 2.05. The van der Waals surface area contributed by atoms with Gasteiger partial charge in [0, 0.05) is 143 Å². The number of halogens is 1. The first-order chi connectivity index (χ1) is 41.1. The number of aryl methyl sites for hydroxylation is 1. The number of nitrogens with one attached hydrogen (secondary N) is 2. The summed E-state index contributed by atoms with van der Waals surface area (Å²) in [4.78, 5) is 80.0. The molecule has 0 unspecified atom stereocenters. The summed E-state index contributed by atoms with van der Waals surface area (Å²) in [5.74, 6) is 1.34. The van der Waals surface area contributed by atoms with Crippen molar-refractivity contribution in [1.29, 1.82) is 0 Å². The molecule has 10 rings (SSSR count). The quantitative estimate of drug-likeness (QED) is 0.0890. The highest BCUT2D eigenvalue weighted by atomic mass is 32.2. The van der Waals surface area contributed by atoms with Gasteiger partial charge in [-0.3, -0.25) is 34.4 Å². The number of nitrogens with zero attached hydrogens (tertiary/aromatic N) is 13. The molecule has 0 aliphatic carbocycles. The number of anilines is 4. The van der Waals surface area contributed by atoms with Crippen LogP contribution in [0, 0.1) is 19.7 Å². The van der Waals surface area contributed by atoms with Crippen molar-refractivity contribution >= 4 is 61.9 Å². The van der Waals surface area contributed by atoms with E-state index in [-0.39, 0.29) is 71.1 Å². The van der Waals surface area contributed by atoms with Gasteiger partial charge < -0.3 is 34.4 Å². The van der Waals surface area contributed by atoms with Gasteiger partial charge in [-0.25, -0.2) is 37.5 Å². The van der Waals surface area contributed by atoms with E-state index >= 15 is 0 Å². The molecule has 4 aliphatic rings. The molecule has 4 aromatic heterocycles. The molecule has 3 atom stereocenters. The van der Waals surface area contributed by atoms with Crippen molar-refractivity contribution in [2.45, 2.75) is 135 Å². The Morgan fingerprint density at radius 2 is 1.54 bits per heavy atom. The summed E-state index contributed by atoms with van der Waals surface area (Å²) in [5.41, 5.74) is 5.27. The number of amides is 3. The number of benzene rings is 2. The van der Waals surface area contributed by atoms with Crippen LogP contribution in [0.4, 0.5) is 32.5 Å². The zero-order valence-corrected chi connectivity index (χ0v) is 53.2. The molecular weight excluding hydrogens is 1130 g/mol. The fraction of sp³-hybridized carbons (Fsp3) is 0.540. The van der Waals surface area contributed by atoms with Crippen LogP contribution >= 0.6 is 0 Å². The van der Waals surface area contributed by atoms with Crippen LogP contribution in [0.25, 0.3) is 10.9 Å². The minimum atomic E-state index is -3.85. The predicted molar refractivity (Wildman–Crippen MR) is 332 cm³/mol. The normalized spacial score (nSPS) is 19.8. The van der Waals surface area contributed by atoms with E-state index in [0.29, 0.717) is 125 Å². The Kier molecular flexibility index (Phi) is 18.0. The van der Waals surface area contributed by atoms with Gasteiger partial charge >= 0.3 is 6.09 Å². The molecule has 0 radical (unpaired) electrons. The highest BCUT2D eigenvalue weighted by Gasteiger charge is 2.44. The molecule has 466 valence electrons. The van der Waals surface area contributed by atoms with Crippen molar-refractivity contribution in [2.75, 3.05) is 107 Å². The second-order valence-electron chi connectivity index (χ2n) is 26.4. The van der Waals surface area contributed by atoms with Gasteiger partial charge in [-0.1, -0.05) is 26.0 Å². The Morgan fingerprint density at radius 1 is 0.816 bits per heavy atom. The minimum absolute atomic E-state index is 0.0355. The van der Waals surface area contributed by atoms with E-state index in [9.17, 15) is 27.2 Å². The number of H-pyrrole nitrogens is 1. The van der Waals surface area contributed by atoms with Gasteiger partial charge in [0.05, 0.1) is 40.4 Å². The number of sulfone groups is 1. The van der Waals surface area contributed by atoms with Crippen LogP contribution in [0.3, 0.4) is 0 Å². The van der Waals surface area contributed by atoms with Crippen molar-refractivity contribution in [1.82, 2.24) is 59.6 Å². The zero-order chi connectivity index (χ0) is 62.3. The molecule has 8 heterocycles. The lowest BCUT2D eigenvalue weighted by Gasteiger charge is -2.48. The lowest BCUT2D eigenvalue weighted by Crippen LogP contribution is -2.65. The van der Waals surface area contributed by atoms with Crippen LogP contribution in [-0.2, 0) is 31.2 Å². The third kappa shape index (κ3) is 14.0. The number of pyridine rings is 1. The highest BCUT2D eigenvalue weighted by molar-refractivity contribution is 7.92. The van der Waals surface area contributed by atoms with Gasteiger partial charge in [-0.15, -0.1) is 0 Å². The molecule has 3 fully saturated rings. The Morgan fingerprint density at radius 3 is 2.21 bits per heavy atom. The van der Waals surface area contributed by atoms with Crippen LogP contribution < -0.4 is 19.9 Å². The summed E-state index contributed by atoms with van der Waals surface area (Å²) in [6.45, 7) is 30.2. The first kappa shape index (κ1) is 62.6. The second-order valence-corrected chi connectivity index (χ2v) is 29.1. The van der Waals surface area contributed by atoms with Gasteiger partial charge in [-0.2, -0.15) is 5.10 Å². The van der Waals surface area contributed by atoms with Crippen molar-refractivity contribution < 1.29 is 36.7 Å². The number of hydrogen-bond acceptors (Lipinski definition) is 18. The highest BCUT2D eigenvalue weighted by Crippen LogP contribution is 2.41. The average molecular weight is 1210 g/mol. The van der Waals surface area contributed by atoms with E-state index < -0.39 is 20.2 Å². The molecule has 3 saturated heterocycles. The number of carbonyl (C=O) groups excluding carboxylic acids is 3. The fourth-order valence-electron chi connectivity index (χ4n) is 11.9. The molecule has 3 amide bonds. The van der Waals surface area contributed by atoms with Crippen molar-refractivity contribution in [2.24, 2.45) is 0 Å². The van der Waals surface area contributed by atoms with Crippen LogP contribution in [-0.4, -0.2) is 206 Å². The molecule has 0 spiro atoms. The van der Waals surface area contributed by atoms with Gasteiger partial charge in [0.15, 0.2) is 15.7 Å². The summed E-state index contributed by atoms with van der Waals surface area (Å²) < 4.78 is 52.9. The van der Waals surface area contributed by atoms with Gasteiger partial charge in [0.2, 0.25) is 11.9 Å². The second kappa shape index (κ2) is 25.0. The lowest BCUT2D eigenvalue weighted by molar-refractivity contribution is -0.121.